The van der Waals surface area contributed by atoms with Crippen molar-refractivity contribution in [2.45, 2.75) is 78.9 Å². The van der Waals surface area contributed by atoms with E-state index in [0.29, 0.717) is 23.4 Å². The summed E-state index contributed by atoms with van der Waals surface area (Å²) in [6.45, 7) is 1.68. The highest BCUT2D eigenvalue weighted by atomic mass is 32.2. The smallest absolute Gasteiger partial charge is 0.221 e. The summed E-state index contributed by atoms with van der Waals surface area (Å²) in [6, 6.07) is 0.964. The monoisotopic (exact) mass is 462 g/mol. The topological polar surface area (TPSA) is 74.9 Å². The molecule has 2 aliphatic heterocycles. The van der Waals surface area contributed by atoms with E-state index in [1.54, 1.807) is 21.1 Å². The van der Waals surface area contributed by atoms with Crippen molar-refractivity contribution in [3.8, 4) is 0 Å². The molecule has 2 heterocycles. The fourth-order valence-corrected chi connectivity index (χ4v) is 8.76. The highest BCUT2D eigenvalue weighted by Gasteiger charge is 2.41. The van der Waals surface area contributed by atoms with E-state index in [-0.39, 0.29) is 28.3 Å². The first-order valence-corrected chi connectivity index (χ1v) is 13.6. The molecule has 0 spiro atoms. The van der Waals surface area contributed by atoms with E-state index in [9.17, 15) is 4.79 Å². The molecule has 3 N–H and O–H groups in total. The Morgan fingerprint density at radius 3 is 2.62 bits per heavy atom. The van der Waals surface area contributed by atoms with Gasteiger partial charge in [0.25, 0.3) is 0 Å². The molecule has 29 heavy (non-hydrogen) atoms. The van der Waals surface area contributed by atoms with Gasteiger partial charge in [0.05, 0.1) is 17.6 Å². The number of nitrogens with one attached hydrogen (secondary N) is 3. The van der Waals surface area contributed by atoms with Crippen LogP contribution in [-0.4, -0.2) is 76.4 Å². The quantitative estimate of drug-likeness (QED) is 0.502. The molecule has 0 radical (unpaired) electrons. The summed E-state index contributed by atoms with van der Waals surface area (Å²) in [5.74, 6) is 3.06. The van der Waals surface area contributed by atoms with E-state index in [0.717, 1.165) is 37.2 Å². The SMILES string of the molecule is COC1CCC(C2NC(CSC3NNC(N(C(C)=O)C4CC4)S3)CS2)CC1OC. The fraction of sp³-hybridized carbons (Fsp3) is 0.947. The molecule has 4 rings (SSSR count). The molecule has 2 saturated carbocycles. The van der Waals surface area contributed by atoms with Gasteiger partial charge in [0, 0.05) is 44.7 Å². The molecule has 4 fully saturated rings. The van der Waals surface area contributed by atoms with E-state index < -0.39 is 0 Å². The third kappa shape index (κ3) is 5.58. The molecule has 0 aromatic rings. The average molecular weight is 463 g/mol. The summed E-state index contributed by atoms with van der Waals surface area (Å²) in [7, 11) is 3.60. The number of amides is 1. The number of carbonyl (C=O) groups excluding carboxylic acids is 1. The van der Waals surface area contributed by atoms with Gasteiger partial charge in [-0.15, -0.1) is 23.5 Å². The number of hydrogen-bond donors (Lipinski definition) is 3. The predicted molar refractivity (Wildman–Crippen MR) is 122 cm³/mol. The number of carbonyl (C=O) groups is 1. The van der Waals surface area contributed by atoms with E-state index in [1.807, 2.05) is 28.4 Å². The number of rotatable bonds is 8. The number of nitrogens with zero attached hydrogens (tertiary/aromatic N) is 1. The zero-order valence-electron chi connectivity index (χ0n) is 17.5. The van der Waals surface area contributed by atoms with Crippen LogP contribution in [-0.2, 0) is 14.3 Å². The van der Waals surface area contributed by atoms with Crippen molar-refractivity contribution < 1.29 is 14.3 Å². The highest BCUT2D eigenvalue weighted by Crippen LogP contribution is 2.39. The Hall–Kier alpha value is 0.320. The van der Waals surface area contributed by atoms with E-state index in [4.69, 9.17) is 9.47 Å². The van der Waals surface area contributed by atoms with E-state index >= 15 is 0 Å². The lowest BCUT2D eigenvalue weighted by molar-refractivity contribution is -0.130. The Labute approximate surface area is 186 Å². The maximum Gasteiger partial charge on any atom is 0.221 e. The number of hydrogen-bond acceptors (Lipinski definition) is 9. The molecule has 7 unspecified atom stereocenters. The molecule has 2 aliphatic carbocycles. The van der Waals surface area contributed by atoms with Crippen LogP contribution in [0.1, 0.15) is 39.0 Å². The molecular formula is C19H34N4O3S3. The van der Waals surface area contributed by atoms with Crippen molar-refractivity contribution >= 4 is 41.2 Å². The maximum atomic E-state index is 12.0. The van der Waals surface area contributed by atoms with Crippen LogP contribution in [0.2, 0.25) is 0 Å². The van der Waals surface area contributed by atoms with Gasteiger partial charge in [-0.3, -0.25) is 4.79 Å². The van der Waals surface area contributed by atoms with Crippen molar-refractivity contribution in [1.82, 2.24) is 21.1 Å². The molecule has 7 atom stereocenters. The first kappa shape index (κ1) is 22.5. The Kier molecular flexibility index (Phi) is 7.99. The Bertz CT molecular complexity index is 571. The van der Waals surface area contributed by atoms with Crippen LogP contribution < -0.4 is 16.2 Å². The zero-order chi connectivity index (χ0) is 20.4. The highest BCUT2D eigenvalue weighted by molar-refractivity contribution is 8.17. The number of methoxy groups -OCH3 is 2. The van der Waals surface area contributed by atoms with Gasteiger partial charge in [0.1, 0.15) is 10.2 Å². The van der Waals surface area contributed by atoms with E-state index in [1.165, 1.54) is 6.42 Å². The summed E-state index contributed by atoms with van der Waals surface area (Å²) in [5, 5.41) is 4.39. The minimum Gasteiger partial charge on any atom is -0.379 e. The molecular weight excluding hydrogens is 428 g/mol. The van der Waals surface area contributed by atoms with Crippen LogP contribution in [0, 0.1) is 5.92 Å². The van der Waals surface area contributed by atoms with Crippen molar-refractivity contribution in [3.05, 3.63) is 0 Å². The second-order valence-electron chi connectivity index (χ2n) is 8.34. The molecule has 0 aromatic carbocycles. The van der Waals surface area contributed by atoms with Crippen LogP contribution in [0.4, 0.5) is 0 Å². The summed E-state index contributed by atoms with van der Waals surface area (Å²) in [4.78, 5) is 14.0. The molecule has 7 nitrogen and oxygen atoms in total. The normalized spacial score (nSPS) is 40.3. The molecule has 2 saturated heterocycles. The molecule has 0 aromatic heterocycles. The lowest BCUT2D eigenvalue weighted by Crippen LogP contribution is -2.47. The second-order valence-corrected chi connectivity index (χ2v) is 12.1. The van der Waals surface area contributed by atoms with Gasteiger partial charge in [-0.1, -0.05) is 11.8 Å². The van der Waals surface area contributed by atoms with Crippen molar-refractivity contribution in [1.29, 1.82) is 0 Å². The number of hydrazine groups is 1. The standard InChI is InChI=1S/C19H34N4O3S3/c1-11(24)23(14-5-6-14)18-21-22-19(29-18)28-10-13-9-27-17(20-13)12-4-7-15(25-2)16(8-12)26-3/h12-22H,4-10H2,1-3H3. The van der Waals surface area contributed by atoms with Gasteiger partial charge in [-0.25, -0.2) is 10.9 Å². The van der Waals surface area contributed by atoms with Gasteiger partial charge in [-0.2, -0.15) is 0 Å². The summed E-state index contributed by atoms with van der Waals surface area (Å²) in [6.07, 6.45) is 6.09. The van der Waals surface area contributed by atoms with Gasteiger partial charge in [0.15, 0.2) is 0 Å². The Morgan fingerprint density at radius 1 is 1.14 bits per heavy atom. The zero-order valence-corrected chi connectivity index (χ0v) is 19.9. The first-order chi connectivity index (χ1) is 14.1. The minimum atomic E-state index is 0.0538. The maximum absolute atomic E-state index is 12.0. The fourth-order valence-electron chi connectivity index (χ4n) is 4.55. The van der Waals surface area contributed by atoms with Gasteiger partial charge < -0.3 is 19.7 Å². The van der Waals surface area contributed by atoms with Gasteiger partial charge in [-0.05, 0) is 38.0 Å². The van der Waals surface area contributed by atoms with Crippen molar-refractivity contribution in [2.75, 3.05) is 25.7 Å². The Balaban J connectivity index is 1.19. The van der Waals surface area contributed by atoms with Crippen LogP contribution >= 0.6 is 35.3 Å². The van der Waals surface area contributed by atoms with Gasteiger partial charge >= 0.3 is 0 Å². The third-order valence-electron chi connectivity index (χ3n) is 6.26. The molecule has 0 bridgehead atoms. The molecule has 4 aliphatic rings. The number of thioether (sulfide) groups is 3. The van der Waals surface area contributed by atoms with Crippen molar-refractivity contribution in [3.63, 3.8) is 0 Å². The third-order valence-corrected chi connectivity index (χ3v) is 10.5. The van der Waals surface area contributed by atoms with Gasteiger partial charge in [0.2, 0.25) is 5.91 Å². The molecule has 166 valence electrons. The van der Waals surface area contributed by atoms with Crippen LogP contribution in [0.5, 0.6) is 0 Å². The van der Waals surface area contributed by atoms with Crippen LogP contribution in [0.25, 0.3) is 0 Å². The van der Waals surface area contributed by atoms with Crippen molar-refractivity contribution in [2.24, 2.45) is 5.92 Å². The second kappa shape index (κ2) is 10.3. The first-order valence-electron chi connectivity index (χ1n) is 10.6. The summed E-state index contributed by atoms with van der Waals surface area (Å²) >= 11 is 5.82. The lowest BCUT2D eigenvalue weighted by Gasteiger charge is -2.36. The predicted octanol–water partition coefficient (Wildman–Crippen LogP) is 2.00. The summed E-state index contributed by atoms with van der Waals surface area (Å²) in [5.41, 5.74) is 6.73. The Morgan fingerprint density at radius 2 is 1.93 bits per heavy atom. The van der Waals surface area contributed by atoms with E-state index in [2.05, 4.69) is 27.9 Å². The van der Waals surface area contributed by atoms with Crippen LogP contribution in [0.15, 0.2) is 0 Å². The minimum absolute atomic E-state index is 0.0538. The number of ether oxygens (including phenoxy) is 2. The lowest BCUT2D eigenvalue weighted by atomic mass is 9.84. The average Bonchev–Trinajstić information content (AvgIpc) is 3.25. The largest absolute Gasteiger partial charge is 0.379 e. The van der Waals surface area contributed by atoms with Crippen LogP contribution in [0.3, 0.4) is 0 Å². The summed E-state index contributed by atoms with van der Waals surface area (Å²) < 4.78 is 11.5. The molecule has 10 heteroatoms. The molecule has 1 amide bonds.